The molecule has 148 valence electrons. The second kappa shape index (κ2) is 7.95. The van der Waals surface area contributed by atoms with Crippen molar-refractivity contribution in [1.29, 1.82) is 0 Å². The fourth-order valence-corrected chi connectivity index (χ4v) is 3.74. The third-order valence-corrected chi connectivity index (χ3v) is 5.22. The first-order chi connectivity index (χ1) is 13.0. The summed E-state index contributed by atoms with van der Waals surface area (Å²) in [5.74, 6) is 0. The van der Waals surface area contributed by atoms with Gasteiger partial charge in [0, 0.05) is 39.3 Å². The molecule has 2 N–H and O–H groups in total. The van der Waals surface area contributed by atoms with Crippen LogP contribution in [0.15, 0.2) is 15.9 Å². The number of carbonyl (C=O) groups is 1. The molecule has 3 rings (SSSR count). The minimum Gasteiger partial charge on any atom is -0.339 e. The van der Waals surface area contributed by atoms with Crippen LogP contribution in [0.25, 0.3) is 11.2 Å². The zero-order valence-corrected chi connectivity index (χ0v) is 16.1. The van der Waals surface area contributed by atoms with Gasteiger partial charge in [-0.25, -0.2) is 14.6 Å². The molecule has 1 saturated heterocycles. The van der Waals surface area contributed by atoms with Gasteiger partial charge in [-0.15, -0.1) is 0 Å². The molecule has 0 aliphatic carbocycles. The lowest BCUT2D eigenvalue weighted by Gasteiger charge is -2.40. The summed E-state index contributed by atoms with van der Waals surface area (Å²) >= 11 is 0. The average Bonchev–Trinajstić information content (AvgIpc) is 3.16. The van der Waals surface area contributed by atoms with Crippen LogP contribution < -0.4 is 11.2 Å². The number of fused-ring (bicyclic) bond motifs is 1. The quantitative estimate of drug-likeness (QED) is 0.784. The number of nitrogens with zero attached hydrogens (tertiary/aromatic N) is 5. The lowest BCUT2D eigenvalue weighted by Crippen LogP contribution is -2.54. The Bertz CT molecular complexity index is 903. The van der Waals surface area contributed by atoms with Gasteiger partial charge in [-0.2, -0.15) is 0 Å². The third kappa shape index (κ3) is 3.48. The molecule has 1 aliphatic rings. The molecule has 3 heterocycles. The number of aromatic amines is 2. The van der Waals surface area contributed by atoms with Gasteiger partial charge < -0.3 is 14.8 Å². The Balaban J connectivity index is 1.81. The van der Waals surface area contributed by atoms with Crippen LogP contribution >= 0.6 is 0 Å². The van der Waals surface area contributed by atoms with E-state index >= 15 is 0 Å². The molecule has 1 atom stereocenters. The monoisotopic (exact) mass is 377 g/mol. The van der Waals surface area contributed by atoms with E-state index in [1.165, 1.54) is 10.9 Å². The Kier molecular flexibility index (Phi) is 5.64. The summed E-state index contributed by atoms with van der Waals surface area (Å²) in [6.45, 7) is 9.85. The number of aromatic nitrogens is 4. The van der Waals surface area contributed by atoms with Crippen molar-refractivity contribution >= 4 is 17.2 Å². The molecule has 0 bridgehead atoms. The van der Waals surface area contributed by atoms with E-state index in [0.29, 0.717) is 56.9 Å². The minimum atomic E-state index is -0.465. The number of hydrogen-bond donors (Lipinski definition) is 2. The molecule has 1 fully saturated rings. The van der Waals surface area contributed by atoms with Gasteiger partial charge in [0.25, 0.3) is 5.56 Å². The van der Waals surface area contributed by atoms with E-state index in [1.807, 2.05) is 30.6 Å². The molecular formula is C17H27N7O3. The zero-order chi connectivity index (χ0) is 19.6. The average molecular weight is 377 g/mol. The van der Waals surface area contributed by atoms with E-state index in [9.17, 15) is 14.4 Å². The van der Waals surface area contributed by atoms with Crippen LogP contribution in [0.4, 0.5) is 4.79 Å². The maximum atomic E-state index is 12.5. The van der Waals surface area contributed by atoms with Gasteiger partial charge in [0.1, 0.15) is 5.52 Å². The lowest BCUT2D eigenvalue weighted by atomic mass is 10.2. The minimum absolute atomic E-state index is 0.0589. The number of rotatable bonds is 5. The van der Waals surface area contributed by atoms with E-state index in [-0.39, 0.29) is 12.2 Å². The first kappa shape index (κ1) is 19.2. The highest BCUT2D eigenvalue weighted by Crippen LogP contribution is 2.20. The van der Waals surface area contributed by atoms with Crippen LogP contribution in [0.3, 0.4) is 0 Å². The molecule has 0 aromatic carbocycles. The highest BCUT2D eigenvalue weighted by atomic mass is 16.2. The second-order valence-corrected chi connectivity index (χ2v) is 6.60. The number of urea groups is 1. The maximum absolute atomic E-state index is 12.5. The van der Waals surface area contributed by atoms with E-state index < -0.39 is 11.2 Å². The van der Waals surface area contributed by atoms with Crippen molar-refractivity contribution in [2.45, 2.75) is 33.4 Å². The lowest BCUT2D eigenvalue weighted by molar-refractivity contribution is 0.0649. The molecule has 27 heavy (non-hydrogen) atoms. The predicted octanol–water partition coefficient (Wildman–Crippen LogP) is 0.401. The van der Waals surface area contributed by atoms with Crippen molar-refractivity contribution in [3.05, 3.63) is 27.2 Å². The van der Waals surface area contributed by atoms with Crippen molar-refractivity contribution in [1.82, 2.24) is 34.2 Å². The summed E-state index contributed by atoms with van der Waals surface area (Å²) in [6, 6.07) is 0.0589. The van der Waals surface area contributed by atoms with Crippen LogP contribution in [0.1, 0.15) is 33.4 Å². The Morgan fingerprint density at radius 2 is 1.85 bits per heavy atom. The van der Waals surface area contributed by atoms with Gasteiger partial charge in [0.05, 0.1) is 12.5 Å². The Labute approximate surface area is 156 Å². The summed E-state index contributed by atoms with van der Waals surface area (Å²) in [5.41, 5.74) is -0.276. The molecule has 2 aromatic heterocycles. The number of amides is 2. The van der Waals surface area contributed by atoms with Crippen molar-refractivity contribution in [3.8, 4) is 0 Å². The number of hydrogen-bond acceptors (Lipinski definition) is 5. The molecule has 0 radical (unpaired) electrons. The Hall–Kier alpha value is -2.62. The van der Waals surface area contributed by atoms with Crippen LogP contribution in [-0.4, -0.2) is 79.5 Å². The molecular weight excluding hydrogens is 350 g/mol. The predicted molar refractivity (Wildman–Crippen MR) is 102 cm³/mol. The fraction of sp³-hybridized carbons (Fsp3) is 0.647. The second-order valence-electron chi connectivity index (χ2n) is 6.60. The highest BCUT2D eigenvalue weighted by Gasteiger charge is 2.29. The first-order valence-corrected chi connectivity index (χ1v) is 9.47. The van der Waals surface area contributed by atoms with Crippen LogP contribution in [-0.2, 0) is 0 Å². The van der Waals surface area contributed by atoms with E-state index in [1.54, 1.807) is 0 Å². The summed E-state index contributed by atoms with van der Waals surface area (Å²) in [5, 5.41) is 0. The number of piperazine rings is 1. The number of carbonyl (C=O) groups excluding carboxylic acids is 1. The van der Waals surface area contributed by atoms with Crippen molar-refractivity contribution < 1.29 is 4.79 Å². The number of H-pyrrole nitrogens is 2. The van der Waals surface area contributed by atoms with Crippen LogP contribution in [0.2, 0.25) is 0 Å². The molecule has 0 saturated carbocycles. The van der Waals surface area contributed by atoms with Crippen molar-refractivity contribution in [2.75, 3.05) is 39.3 Å². The first-order valence-electron chi connectivity index (χ1n) is 9.47. The van der Waals surface area contributed by atoms with Gasteiger partial charge in [0.2, 0.25) is 0 Å². The molecule has 2 amide bonds. The van der Waals surface area contributed by atoms with Crippen LogP contribution in [0, 0.1) is 0 Å². The summed E-state index contributed by atoms with van der Waals surface area (Å²) < 4.78 is 1.54. The molecule has 0 spiro atoms. The van der Waals surface area contributed by atoms with Crippen molar-refractivity contribution in [2.24, 2.45) is 0 Å². The van der Waals surface area contributed by atoms with E-state index in [4.69, 9.17) is 0 Å². The fourth-order valence-electron chi connectivity index (χ4n) is 3.74. The maximum Gasteiger partial charge on any atom is 0.331 e. The molecule has 1 aliphatic heterocycles. The number of nitrogens with one attached hydrogen (secondary N) is 2. The van der Waals surface area contributed by atoms with Gasteiger partial charge in [-0.05, 0) is 20.3 Å². The van der Waals surface area contributed by atoms with E-state index in [2.05, 4.69) is 19.9 Å². The van der Waals surface area contributed by atoms with Gasteiger partial charge in [0.15, 0.2) is 5.65 Å². The van der Waals surface area contributed by atoms with Gasteiger partial charge in [-0.1, -0.05) is 6.92 Å². The Morgan fingerprint density at radius 1 is 1.19 bits per heavy atom. The standard InChI is InChI=1S/C17H27N7O3/c1-4-12(24-14-13(18-11-19-14)15(25)20-16(24)26)22-7-9-23(10-8-22)17(27)21(5-2)6-3/h11-12H,4-10H2,1-3H3,(H,18,19)(H,20,25,26). The summed E-state index contributed by atoms with van der Waals surface area (Å²) in [7, 11) is 0. The third-order valence-electron chi connectivity index (χ3n) is 5.22. The van der Waals surface area contributed by atoms with Crippen LogP contribution in [0.5, 0.6) is 0 Å². The molecule has 10 nitrogen and oxygen atoms in total. The Morgan fingerprint density at radius 3 is 2.44 bits per heavy atom. The SMILES string of the molecule is CCC(N1CCN(C(=O)N(CC)CC)CC1)n1c(=O)[nH]c(=O)c2[nH]cnc21. The van der Waals surface area contributed by atoms with Crippen molar-refractivity contribution in [3.63, 3.8) is 0 Å². The summed E-state index contributed by atoms with van der Waals surface area (Å²) in [4.78, 5) is 52.1. The number of imidazole rings is 1. The smallest absolute Gasteiger partial charge is 0.331 e. The zero-order valence-electron chi connectivity index (χ0n) is 16.1. The largest absolute Gasteiger partial charge is 0.339 e. The topological polar surface area (TPSA) is 110 Å². The molecule has 1 unspecified atom stereocenters. The molecule has 10 heteroatoms. The van der Waals surface area contributed by atoms with Gasteiger partial charge >= 0.3 is 11.7 Å². The normalized spacial score (nSPS) is 16.6. The summed E-state index contributed by atoms with van der Waals surface area (Å²) in [6.07, 6.45) is 1.87. The highest BCUT2D eigenvalue weighted by molar-refractivity contribution is 5.74. The molecule has 2 aromatic rings. The van der Waals surface area contributed by atoms with Gasteiger partial charge in [-0.3, -0.25) is 19.2 Å². The van der Waals surface area contributed by atoms with E-state index in [0.717, 1.165) is 0 Å².